The first-order chi connectivity index (χ1) is 13.6. The normalized spacial score (nSPS) is 14.1. The van der Waals surface area contributed by atoms with E-state index < -0.39 is 6.09 Å². The molecule has 1 amide bonds. The lowest BCUT2D eigenvalue weighted by molar-refractivity contribution is 0.170. The minimum atomic E-state index is -0.420. The third kappa shape index (κ3) is 6.24. The van der Waals surface area contributed by atoms with Crippen LogP contribution < -0.4 is 14.4 Å². The van der Waals surface area contributed by atoms with E-state index in [1.807, 2.05) is 30.5 Å². The standard InChI is InChI=1S/C21H28N4O3.ClH/c1-23(2)21(26)28-18-8-7-17(16-19(18)27-3)9-11-24-12-14-25(15-13-24)20-6-4-5-10-22-20;/h4-8,10,16H,9,11-15H2,1-3H3;1H. The number of pyridine rings is 1. The molecular formula is C21H29ClN4O3. The Labute approximate surface area is 178 Å². The van der Waals surface area contributed by atoms with Crippen LogP contribution in [0.3, 0.4) is 0 Å². The van der Waals surface area contributed by atoms with Gasteiger partial charge in [0.25, 0.3) is 0 Å². The van der Waals surface area contributed by atoms with E-state index in [2.05, 4.69) is 20.9 Å². The molecule has 29 heavy (non-hydrogen) atoms. The van der Waals surface area contributed by atoms with Gasteiger partial charge >= 0.3 is 6.09 Å². The van der Waals surface area contributed by atoms with Crippen molar-refractivity contribution < 1.29 is 14.3 Å². The summed E-state index contributed by atoms with van der Waals surface area (Å²) in [6, 6.07) is 11.8. The zero-order valence-corrected chi connectivity index (χ0v) is 18.0. The largest absolute Gasteiger partial charge is 0.493 e. The maximum Gasteiger partial charge on any atom is 0.414 e. The molecule has 3 rings (SSSR count). The van der Waals surface area contributed by atoms with E-state index in [1.54, 1.807) is 27.3 Å². The quantitative estimate of drug-likeness (QED) is 0.716. The lowest BCUT2D eigenvalue weighted by atomic mass is 10.1. The second kappa shape index (κ2) is 10.9. The van der Waals surface area contributed by atoms with Gasteiger partial charge in [-0.3, -0.25) is 4.90 Å². The number of rotatable bonds is 6. The van der Waals surface area contributed by atoms with E-state index in [1.165, 1.54) is 4.90 Å². The van der Waals surface area contributed by atoms with Gasteiger partial charge in [-0.15, -0.1) is 12.4 Å². The highest BCUT2D eigenvalue weighted by Crippen LogP contribution is 2.28. The van der Waals surface area contributed by atoms with Crippen molar-refractivity contribution in [1.29, 1.82) is 0 Å². The summed E-state index contributed by atoms with van der Waals surface area (Å²) < 4.78 is 10.7. The van der Waals surface area contributed by atoms with Crippen LogP contribution >= 0.6 is 12.4 Å². The van der Waals surface area contributed by atoms with Crippen LogP contribution in [-0.2, 0) is 6.42 Å². The van der Waals surface area contributed by atoms with E-state index in [9.17, 15) is 4.79 Å². The molecule has 1 aromatic heterocycles. The number of carbonyl (C=O) groups excluding carboxylic acids is 1. The van der Waals surface area contributed by atoms with Gasteiger partial charge in [-0.2, -0.15) is 0 Å². The summed E-state index contributed by atoms with van der Waals surface area (Å²) >= 11 is 0. The summed E-state index contributed by atoms with van der Waals surface area (Å²) in [5, 5.41) is 0. The van der Waals surface area contributed by atoms with E-state index in [0.29, 0.717) is 11.5 Å². The van der Waals surface area contributed by atoms with Gasteiger partial charge in [0.2, 0.25) is 0 Å². The zero-order valence-electron chi connectivity index (χ0n) is 17.2. The molecule has 7 nitrogen and oxygen atoms in total. The zero-order chi connectivity index (χ0) is 19.9. The number of aromatic nitrogens is 1. The molecule has 1 aromatic carbocycles. The number of anilines is 1. The molecule has 2 aromatic rings. The van der Waals surface area contributed by atoms with Crippen molar-refractivity contribution in [3.63, 3.8) is 0 Å². The Morgan fingerprint density at radius 2 is 1.86 bits per heavy atom. The maximum atomic E-state index is 11.8. The van der Waals surface area contributed by atoms with Gasteiger partial charge in [0, 0.05) is 53.0 Å². The van der Waals surface area contributed by atoms with Crippen molar-refractivity contribution in [3.8, 4) is 11.5 Å². The van der Waals surface area contributed by atoms with Gasteiger partial charge < -0.3 is 19.3 Å². The van der Waals surface area contributed by atoms with Crippen LogP contribution in [0.25, 0.3) is 0 Å². The molecule has 0 bridgehead atoms. The summed E-state index contributed by atoms with van der Waals surface area (Å²) in [7, 11) is 4.89. The number of amides is 1. The van der Waals surface area contributed by atoms with Crippen LogP contribution in [0.1, 0.15) is 5.56 Å². The van der Waals surface area contributed by atoms with Crippen LogP contribution in [0, 0.1) is 0 Å². The minimum absolute atomic E-state index is 0. The first-order valence-corrected chi connectivity index (χ1v) is 9.51. The summed E-state index contributed by atoms with van der Waals surface area (Å²) in [5.74, 6) is 2.07. The molecule has 0 atom stereocenters. The number of nitrogens with zero attached hydrogens (tertiary/aromatic N) is 4. The highest BCUT2D eigenvalue weighted by molar-refractivity contribution is 5.85. The Morgan fingerprint density at radius 3 is 2.48 bits per heavy atom. The number of hydrogen-bond donors (Lipinski definition) is 0. The number of carbonyl (C=O) groups is 1. The monoisotopic (exact) mass is 420 g/mol. The fraction of sp³-hybridized carbons (Fsp3) is 0.429. The van der Waals surface area contributed by atoms with Gasteiger partial charge in [-0.05, 0) is 36.2 Å². The third-order valence-corrected chi connectivity index (χ3v) is 4.85. The van der Waals surface area contributed by atoms with E-state index in [4.69, 9.17) is 9.47 Å². The highest BCUT2D eigenvalue weighted by atomic mass is 35.5. The second-order valence-electron chi connectivity index (χ2n) is 7.01. The average molecular weight is 421 g/mol. The molecular weight excluding hydrogens is 392 g/mol. The molecule has 0 unspecified atom stereocenters. The average Bonchev–Trinajstić information content (AvgIpc) is 2.73. The molecule has 1 aliphatic heterocycles. The predicted molar refractivity (Wildman–Crippen MR) is 117 cm³/mol. The van der Waals surface area contributed by atoms with E-state index in [-0.39, 0.29) is 12.4 Å². The van der Waals surface area contributed by atoms with Gasteiger partial charge in [-0.25, -0.2) is 9.78 Å². The lowest BCUT2D eigenvalue weighted by Crippen LogP contribution is -2.47. The van der Waals surface area contributed by atoms with Crippen molar-refractivity contribution in [2.45, 2.75) is 6.42 Å². The Bertz CT molecular complexity index is 781. The van der Waals surface area contributed by atoms with E-state index in [0.717, 1.165) is 50.5 Å². The van der Waals surface area contributed by atoms with Crippen molar-refractivity contribution in [2.75, 3.05) is 58.8 Å². The third-order valence-electron chi connectivity index (χ3n) is 4.85. The predicted octanol–water partition coefficient (Wildman–Crippen LogP) is 2.94. The molecule has 1 aliphatic rings. The second-order valence-corrected chi connectivity index (χ2v) is 7.01. The molecule has 0 aliphatic carbocycles. The number of halogens is 1. The first kappa shape index (κ1) is 22.8. The van der Waals surface area contributed by atoms with Gasteiger partial charge in [-0.1, -0.05) is 12.1 Å². The molecule has 158 valence electrons. The number of benzene rings is 1. The topological polar surface area (TPSA) is 58.1 Å². The molecule has 0 spiro atoms. The Hall–Kier alpha value is -2.51. The van der Waals surface area contributed by atoms with Crippen molar-refractivity contribution >= 4 is 24.3 Å². The summed E-state index contributed by atoms with van der Waals surface area (Å²) in [6.45, 7) is 4.99. The molecule has 1 saturated heterocycles. The number of hydrogen-bond acceptors (Lipinski definition) is 6. The Balaban J connectivity index is 0.00000300. The summed E-state index contributed by atoms with van der Waals surface area (Å²) in [6.07, 6.45) is 2.34. The molecule has 8 heteroatoms. The fourth-order valence-corrected chi connectivity index (χ4v) is 3.17. The summed E-state index contributed by atoms with van der Waals surface area (Å²) in [4.78, 5) is 22.4. The molecule has 2 heterocycles. The number of methoxy groups -OCH3 is 1. The Kier molecular flexibility index (Phi) is 8.54. The van der Waals surface area contributed by atoms with Crippen LogP contribution in [-0.4, -0.2) is 74.8 Å². The smallest absolute Gasteiger partial charge is 0.414 e. The van der Waals surface area contributed by atoms with Gasteiger partial charge in [0.05, 0.1) is 7.11 Å². The van der Waals surface area contributed by atoms with E-state index >= 15 is 0 Å². The molecule has 0 radical (unpaired) electrons. The fourth-order valence-electron chi connectivity index (χ4n) is 3.17. The maximum absolute atomic E-state index is 11.8. The van der Waals surface area contributed by atoms with Crippen molar-refractivity contribution in [1.82, 2.24) is 14.8 Å². The first-order valence-electron chi connectivity index (χ1n) is 9.51. The molecule has 1 fully saturated rings. The number of piperazine rings is 1. The molecule has 0 saturated carbocycles. The van der Waals surface area contributed by atoms with Gasteiger partial charge in [0.15, 0.2) is 11.5 Å². The SMILES string of the molecule is COc1cc(CCN2CCN(c3ccccn3)CC2)ccc1OC(=O)N(C)C.Cl. The molecule has 0 N–H and O–H groups in total. The summed E-state index contributed by atoms with van der Waals surface area (Å²) in [5.41, 5.74) is 1.16. The van der Waals surface area contributed by atoms with Crippen LogP contribution in [0.4, 0.5) is 10.6 Å². The Morgan fingerprint density at radius 1 is 1.10 bits per heavy atom. The van der Waals surface area contributed by atoms with Crippen LogP contribution in [0.2, 0.25) is 0 Å². The lowest BCUT2D eigenvalue weighted by Gasteiger charge is -2.35. The highest BCUT2D eigenvalue weighted by Gasteiger charge is 2.18. The van der Waals surface area contributed by atoms with Crippen LogP contribution in [0.15, 0.2) is 42.6 Å². The van der Waals surface area contributed by atoms with Crippen molar-refractivity contribution in [2.24, 2.45) is 0 Å². The number of ether oxygens (including phenoxy) is 2. The van der Waals surface area contributed by atoms with Crippen LogP contribution in [0.5, 0.6) is 11.5 Å². The minimum Gasteiger partial charge on any atom is -0.493 e. The van der Waals surface area contributed by atoms with Gasteiger partial charge in [0.1, 0.15) is 5.82 Å². The van der Waals surface area contributed by atoms with Crippen molar-refractivity contribution in [3.05, 3.63) is 48.2 Å².